The summed E-state index contributed by atoms with van der Waals surface area (Å²) in [7, 11) is 0. The number of carbonyl (C=O) groups is 1. The third kappa shape index (κ3) is 2.60. The van der Waals surface area contributed by atoms with Gasteiger partial charge in [0.25, 0.3) is 0 Å². The van der Waals surface area contributed by atoms with Crippen molar-refractivity contribution in [3.05, 3.63) is 23.9 Å². The fraction of sp³-hybridized carbons (Fsp3) is 0.500. The molecule has 1 saturated heterocycles. The van der Waals surface area contributed by atoms with Gasteiger partial charge in [-0.25, -0.2) is 10.8 Å². The quantitative estimate of drug-likeness (QED) is 0.520. The molecule has 1 aromatic rings. The van der Waals surface area contributed by atoms with Crippen LogP contribution in [0.25, 0.3) is 0 Å². The minimum absolute atomic E-state index is 0.0652. The van der Waals surface area contributed by atoms with Crippen molar-refractivity contribution in [2.75, 3.05) is 18.5 Å². The number of amides is 1. The number of hydrazine groups is 1. The molecule has 0 bridgehead atoms. The minimum Gasteiger partial charge on any atom is -0.353 e. The molecule has 1 fully saturated rings. The number of anilines is 1. The molecule has 1 atom stereocenters. The summed E-state index contributed by atoms with van der Waals surface area (Å²) in [5.41, 5.74) is 3.60. The van der Waals surface area contributed by atoms with E-state index in [0.29, 0.717) is 18.9 Å². The Labute approximate surface area is 107 Å². The van der Waals surface area contributed by atoms with Gasteiger partial charge in [-0.15, -0.1) is 0 Å². The van der Waals surface area contributed by atoms with Crippen LogP contribution in [-0.2, 0) is 11.3 Å². The summed E-state index contributed by atoms with van der Waals surface area (Å²) in [6, 6.07) is 3.78. The van der Waals surface area contributed by atoms with Gasteiger partial charge in [0.15, 0.2) is 0 Å². The third-order valence-electron chi connectivity index (χ3n) is 3.23. The maximum absolute atomic E-state index is 11.8. The molecule has 1 unspecified atom stereocenters. The molecule has 1 amide bonds. The van der Waals surface area contributed by atoms with Gasteiger partial charge in [-0.1, -0.05) is 13.0 Å². The largest absolute Gasteiger partial charge is 0.353 e. The maximum atomic E-state index is 11.8. The lowest BCUT2D eigenvalue weighted by molar-refractivity contribution is -0.129. The molecule has 1 aliphatic rings. The van der Waals surface area contributed by atoms with Crippen molar-refractivity contribution >= 4 is 11.7 Å². The zero-order chi connectivity index (χ0) is 13.0. The van der Waals surface area contributed by atoms with E-state index < -0.39 is 0 Å². The van der Waals surface area contributed by atoms with Crippen molar-refractivity contribution in [1.82, 2.24) is 15.2 Å². The van der Waals surface area contributed by atoms with Gasteiger partial charge in [0.2, 0.25) is 5.91 Å². The zero-order valence-corrected chi connectivity index (χ0v) is 10.5. The average molecular weight is 249 g/mol. The molecule has 0 radical (unpaired) electrons. The van der Waals surface area contributed by atoms with Crippen molar-refractivity contribution in [2.45, 2.75) is 25.9 Å². The second-order valence-corrected chi connectivity index (χ2v) is 4.34. The Kier molecular flexibility index (Phi) is 4.11. The third-order valence-corrected chi connectivity index (χ3v) is 3.23. The van der Waals surface area contributed by atoms with E-state index in [2.05, 4.69) is 20.6 Å². The van der Waals surface area contributed by atoms with Gasteiger partial charge in [-0.3, -0.25) is 9.69 Å². The predicted octanol–water partition coefficient (Wildman–Crippen LogP) is 0.0776. The summed E-state index contributed by atoms with van der Waals surface area (Å²) >= 11 is 0. The Hall–Kier alpha value is -1.66. The Morgan fingerprint density at radius 3 is 3.22 bits per heavy atom. The van der Waals surface area contributed by atoms with Crippen LogP contribution < -0.4 is 16.6 Å². The molecule has 98 valence electrons. The number of piperazine rings is 1. The van der Waals surface area contributed by atoms with Crippen molar-refractivity contribution in [1.29, 1.82) is 0 Å². The highest BCUT2D eigenvalue weighted by Crippen LogP contribution is 2.17. The lowest BCUT2D eigenvalue weighted by Gasteiger charge is -2.34. The smallest absolute Gasteiger partial charge is 0.237 e. The maximum Gasteiger partial charge on any atom is 0.237 e. The molecule has 0 spiro atoms. The second-order valence-electron chi connectivity index (χ2n) is 4.34. The summed E-state index contributed by atoms with van der Waals surface area (Å²) in [6.45, 7) is 4.25. The Balaban J connectivity index is 2.14. The fourth-order valence-electron chi connectivity index (χ4n) is 2.31. The average Bonchev–Trinajstić information content (AvgIpc) is 2.40. The van der Waals surface area contributed by atoms with Crippen LogP contribution in [0.4, 0.5) is 5.82 Å². The molecule has 0 aliphatic carbocycles. The number of nitrogen functional groups attached to an aromatic ring is 1. The molecule has 0 saturated carbocycles. The Morgan fingerprint density at radius 2 is 2.50 bits per heavy atom. The highest BCUT2D eigenvalue weighted by molar-refractivity contribution is 5.82. The second kappa shape index (κ2) is 5.79. The molecule has 2 heterocycles. The van der Waals surface area contributed by atoms with E-state index in [0.717, 1.165) is 18.5 Å². The van der Waals surface area contributed by atoms with Gasteiger partial charge in [0, 0.05) is 31.4 Å². The van der Waals surface area contributed by atoms with Crippen molar-refractivity contribution < 1.29 is 4.79 Å². The number of hydrogen-bond donors (Lipinski definition) is 3. The first-order valence-corrected chi connectivity index (χ1v) is 6.18. The first-order chi connectivity index (χ1) is 8.76. The van der Waals surface area contributed by atoms with E-state index in [1.807, 2.05) is 19.1 Å². The summed E-state index contributed by atoms with van der Waals surface area (Å²) < 4.78 is 0. The molecule has 1 aliphatic heterocycles. The van der Waals surface area contributed by atoms with Crippen molar-refractivity contribution in [3.8, 4) is 0 Å². The Morgan fingerprint density at radius 1 is 1.67 bits per heavy atom. The molecule has 18 heavy (non-hydrogen) atoms. The number of nitrogens with two attached hydrogens (primary N) is 1. The number of pyridine rings is 1. The molecule has 6 nitrogen and oxygen atoms in total. The first kappa shape index (κ1) is 12.8. The van der Waals surface area contributed by atoms with E-state index in [9.17, 15) is 4.79 Å². The van der Waals surface area contributed by atoms with E-state index in [4.69, 9.17) is 5.84 Å². The molecule has 2 rings (SSSR count). The van der Waals surface area contributed by atoms with Crippen molar-refractivity contribution in [2.24, 2.45) is 5.84 Å². The van der Waals surface area contributed by atoms with E-state index in [-0.39, 0.29) is 11.9 Å². The van der Waals surface area contributed by atoms with Gasteiger partial charge in [-0.05, 0) is 12.5 Å². The summed E-state index contributed by atoms with van der Waals surface area (Å²) in [5, 5.41) is 2.89. The van der Waals surface area contributed by atoms with Gasteiger partial charge < -0.3 is 10.7 Å². The van der Waals surface area contributed by atoms with Gasteiger partial charge in [0.05, 0.1) is 6.04 Å². The van der Waals surface area contributed by atoms with E-state index in [1.54, 1.807) is 6.20 Å². The van der Waals surface area contributed by atoms with Crippen LogP contribution in [0.3, 0.4) is 0 Å². The number of aromatic nitrogens is 1. The fourth-order valence-corrected chi connectivity index (χ4v) is 2.31. The van der Waals surface area contributed by atoms with Crippen LogP contribution >= 0.6 is 0 Å². The van der Waals surface area contributed by atoms with E-state index >= 15 is 0 Å². The Bertz CT molecular complexity index is 423. The number of carbonyl (C=O) groups excluding carboxylic acids is 1. The lowest BCUT2D eigenvalue weighted by atomic mass is 10.1. The molecule has 1 aromatic heterocycles. The van der Waals surface area contributed by atoms with Crippen LogP contribution in [0, 0.1) is 0 Å². The van der Waals surface area contributed by atoms with Crippen LogP contribution in [0.5, 0.6) is 0 Å². The molecular weight excluding hydrogens is 230 g/mol. The topological polar surface area (TPSA) is 83.3 Å². The summed E-state index contributed by atoms with van der Waals surface area (Å²) in [4.78, 5) is 18.1. The number of nitrogens with one attached hydrogen (secondary N) is 2. The molecule has 4 N–H and O–H groups in total. The normalized spacial score (nSPS) is 20.6. The highest BCUT2D eigenvalue weighted by atomic mass is 16.2. The molecule has 6 heteroatoms. The predicted molar refractivity (Wildman–Crippen MR) is 69.5 cm³/mol. The SMILES string of the molecule is CCC1C(=O)NCCN1Cc1cccnc1NN. The molecular formula is C12H19N5O. The highest BCUT2D eigenvalue weighted by Gasteiger charge is 2.28. The first-order valence-electron chi connectivity index (χ1n) is 6.18. The zero-order valence-electron chi connectivity index (χ0n) is 10.5. The number of nitrogens with zero attached hydrogens (tertiary/aromatic N) is 2. The van der Waals surface area contributed by atoms with Gasteiger partial charge in [0.1, 0.15) is 5.82 Å². The van der Waals surface area contributed by atoms with Gasteiger partial charge >= 0.3 is 0 Å². The number of hydrogen-bond acceptors (Lipinski definition) is 5. The van der Waals surface area contributed by atoms with Crippen LogP contribution in [0.1, 0.15) is 18.9 Å². The van der Waals surface area contributed by atoms with Gasteiger partial charge in [-0.2, -0.15) is 0 Å². The van der Waals surface area contributed by atoms with Crippen LogP contribution in [0.2, 0.25) is 0 Å². The summed E-state index contributed by atoms with van der Waals surface area (Å²) in [5.74, 6) is 6.21. The monoisotopic (exact) mass is 249 g/mol. The van der Waals surface area contributed by atoms with Crippen molar-refractivity contribution in [3.63, 3.8) is 0 Å². The van der Waals surface area contributed by atoms with E-state index in [1.165, 1.54) is 0 Å². The minimum atomic E-state index is -0.0652. The van der Waals surface area contributed by atoms with Crippen LogP contribution in [-0.4, -0.2) is 34.9 Å². The lowest BCUT2D eigenvalue weighted by Crippen LogP contribution is -2.54. The standard InChI is InChI=1S/C12H19N5O/c1-2-10-12(18)15-6-7-17(10)8-9-4-3-5-14-11(9)16-13/h3-5,10H,2,6-8,13H2,1H3,(H,14,16)(H,15,18). The molecule has 0 aromatic carbocycles. The summed E-state index contributed by atoms with van der Waals surface area (Å²) in [6.07, 6.45) is 2.50. The van der Waals surface area contributed by atoms with Crippen LogP contribution in [0.15, 0.2) is 18.3 Å². The number of rotatable bonds is 4.